The molecule has 7 nitrogen and oxygen atoms in total. The van der Waals surface area contributed by atoms with Gasteiger partial charge in [-0.15, -0.1) is 0 Å². The number of carbonyl (C=O) groups is 2. The van der Waals surface area contributed by atoms with E-state index in [4.69, 9.17) is 9.72 Å². The summed E-state index contributed by atoms with van der Waals surface area (Å²) in [6, 6.07) is 26.5. The van der Waals surface area contributed by atoms with E-state index in [9.17, 15) is 14.4 Å². The molecule has 52 heavy (non-hydrogen) atoms. The van der Waals surface area contributed by atoms with Crippen LogP contribution in [0.3, 0.4) is 0 Å². The first-order valence-corrected chi connectivity index (χ1v) is 20.1. The second-order valence-electron chi connectivity index (χ2n) is 15.2. The molecule has 1 heterocycles. The molecule has 4 aliphatic carbocycles. The molecule has 2 fully saturated rings. The Labute approximate surface area is 310 Å². The highest BCUT2D eigenvalue weighted by molar-refractivity contribution is 7.99. The third kappa shape index (κ3) is 6.33. The molecule has 1 N–H and O–H groups in total. The van der Waals surface area contributed by atoms with Crippen LogP contribution in [0.2, 0.25) is 0 Å². The van der Waals surface area contributed by atoms with Crippen LogP contribution < -0.4 is 10.9 Å². The van der Waals surface area contributed by atoms with Crippen molar-refractivity contribution < 1.29 is 14.3 Å². The molecule has 8 rings (SSSR count). The highest BCUT2D eigenvalue weighted by atomic mass is 32.2. The number of thioether (sulfide) groups is 1. The van der Waals surface area contributed by atoms with Crippen LogP contribution in [0.1, 0.15) is 98.9 Å². The molecule has 4 aromatic rings. The maximum atomic E-state index is 14.9. The van der Waals surface area contributed by atoms with Gasteiger partial charge in [-0.1, -0.05) is 129 Å². The van der Waals surface area contributed by atoms with Gasteiger partial charge in [0.1, 0.15) is 0 Å². The Balaban J connectivity index is 1.19. The van der Waals surface area contributed by atoms with Gasteiger partial charge in [0.05, 0.1) is 41.4 Å². The van der Waals surface area contributed by atoms with Crippen molar-refractivity contribution in [1.29, 1.82) is 0 Å². The molecule has 8 heteroatoms. The molecule has 0 radical (unpaired) electrons. The highest BCUT2D eigenvalue weighted by Crippen LogP contribution is 2.52. The maximum absolute atomic E-state index is 14.9. The van der Waals surface area contributed by atoms with Crippen LogP contribution in [0, 0.1) is 5.41 Å². The van der Waals surface area contributed by atoms with Gasteiger partial charge in [-0.25, -0.2) is 9.78 Å². The Bertz CT molecular complexity index is 2090. The summed E-state index contributed by atoms with van der Waals surface area (Å²) in [5.74, 6) is -0.557. The molecule has 1 aromatic heterocycles. The Hall–Kier alpha value is -4.43. The summed E-state index contributed by atoms with van der Waals surface area (Å²) in [6.07, 6.45) is 12.0. The van der Waals surface area contributed by atoms with Crippen LogP contribution in [-0.4, -0.2) is 33.8 Å². The van der Waals surface area contributed by atoms with Crippen LogP contribution in [0.25, 0.3) is 17.0 Å². The van der Waals surface area contributed by atoms with E-state index in [0.717, 1.165) is 104 Å². The number of aromatic nitrogens is 2. The monoisotopic (exact) mass is 713 g/mol. The lowest BCUT2D eigenvalue weighted by atomic mass is 9.62. The molecule has 4 aliphatic rings. The molecule has 2 spiro atoms. The highest BCUT2D eigenvalue weighted by Gasteiger charge is 2.46. The molecule has 0 saturated heterocycles. The summed E-state index contributed by atoms with van der Waals surface area (Å²) in [5.41, 5.74) is 7.48. The molecule has 0 atom stereocenters. The number of amides is 1. The standard InChI is InChI=1S/C44H47N3O4S/c1-2-51-41(50)37-39(34-21-11-9-19-32(34)27-44(37)24-14-5-15-25-44)45-35(48)29-52-42-46-38-33-20-10-8-18-31(33)26-43(22-12-4-13-23-43)36(38)40(49)47(42)28-30-16-6-3-7-17-30/h3,6-11,16-21H,2,4-5,12-15,22-29H2,1H3,(H,45,48). The smallest absolute Gasteiger partial charge is 0.336 e. The van der Waals surface area contributed by atoms with Gasteiger partial charge >= 0.3 is 5.97 Å². The molecule has 0 aliphatic heterocycles. The zero-order valence-electron chi connectivity index (χ0n) is 30.0. The average Bonchev–Trinajstić information content (AvgIpc) is 3.16. The lowest BCUT2D eigenvalue weighted by molar-refractivity contribution is -0.140. The van der Waals surface area contributed by atoms with Crippen molar-refractivity contribution in [2.24, 2.45) is 5.41 Å². The number of hydrogen-bond acceptors (Lipinski definition) is 6. The van der Waals surface area contributed by atoms with E-state index in [1.54, 1.807) is 4.57 Å². The van der Waals surface area contributed by atoms with E-state index >= 15 is 0 Å². The van der Waals surface area contributed by atoms with Crippen molar-refractivity contribution in [1.82, 2.24) is 14.9 Å². The van der Waals surface area contributed by atoms with Crippen molar-refractivity contribution in [3.8, 4) is 11.3 Å². The van der Waals surface area contributed by atoms with Crippen LogP contribution >= 0.6 is 11.8 Å². The number of ether oxygens (including phenoxy) is 1. The van der Waals surface area contributed by atoms with E-state index < -0.39 is 0 Å². The molecule has 0 unspecified atom stereocenters. The second-order valence-corrected chi connectivity index (χ2v) is 16.1. The summed E-state index contributed by atoms with van der Waals surface area (Å²) in [7, 11) is 0. The summed E-state index contributed by atoms with van der Waals surface area (Å²) >= 11 is 1.29. The van der Waals surface area contributed by atoms with E-state index in [-0.39, 0.29) is 40.6 Å². The first kappa shape index (κ1) is 34.6. The van der Waals surface area contributed by atoms with Gasteiger partial charge in [-0.3, -0.25) is 14.2 Å². The Morgan fingerprint density at radius 1 is 0.788 bits per heavy atom. The lowest BCUT2D eigenvalue weighted by Gasteiger charge is -2.43. The van der Waals surface area contributed by atoms with E-state index in [0.29, 0.717) is 23.0 Å². The number of nitrogens with zero attached hydrogens (tertiary/aromatic N) is 2. The van der Waals surface area contributed by atoms with Crippen molar-refractivity contribution in [3.05, 3.63) is 123 Å². The quantitative estimate of drug-likeness (QED) is 0.112. The molecule has 2 saturated carbocycles. The Kier molecular flexibility index (Phi) is 9.68. The number of fused-ring (bicyclic) bond motifs is 5. The maximum Gasteiger partial charge on any atom is 0.336 e. The molecule has 3 aromatic carbocycles. The fraction of sp³-hybridized carbons (Fsp3) is 0.409. The van der Waals surface area contributed by atoms with Crippen LogP contribution in [0.4, 0.5) is 0 Å². The van der Waals surface area contributed by atoms with Gasteiger partial charge in [-0.2, -0.15) is 0 Å². The number of rotatable bonds is 8. The third-order valence-corrected chi connectivity index (χ3v) is 12.9. The largest absolute Gasteiger partial charge is 0.463 e. The number of esters is 1. The minimum atomic E-state index is -0.368. The zero-order valence-corrected chi connectivity index (χ0v) is 30.9. The zero-order chi connectivity index (χ0) is 35.7. The molecular weight excluding hydrogens is 667 g/mol. The van der Waals surface area contributed by atoms with Gasteiger partial charge < -0.3 is 10.1 Å². The van der Waals surface area contributed by atoms with Crippen LogP contribution in [0.5, 0.6) is 0 Å². The fourth-order valence-electron chi connectivity index (χ4n) is 9.62. The first-order chi connectivity index (χ1) is 25.4. The molecule has 0 bridgehead atoms. The predicted octanol–water partition coefficient (Wildman–Crippen LogP) is 8.41. The van der Waals surface area contributed by atoms with Gasteiger partial charge in [0, 0.05) is 22.0 Å². The van der Waals surface area contributed by atoms with Crippen LogP contribution in [0.15, 0.2) is 94.4 Å². The van der Waals surface area contributed by atoms with Gasteiger partial charge in [0.25, 0.3) is 5.56 Å². The number of nitrogens with one attached hydrogen (secondary N) is 1. The topological polar surface area (TPSA) is 90.3 Å². The summed E-state index contributed by atoms with van der Waals surface area (Å²) in [6.45, 7) is 2.47. The Morgan fingerprint density at radius 3 is 2.08 bits per heavy atom. The average molecular weight is 714 g/mol. The van der Waals surface area contributed by atoms with Gasteiger partial charge in [0.2, 0.25) is 5.91 Å². The summed E-state index contributed by atoms with van der Waals surface area (Å²) in [4.78, 5) is 48.2. The molecule has 268 valence electrons. The predicted molar refractivity (Wildman–Crippen MR) is 206 cm³/mol. The van der Waals surface area contributed by atoms with Crippen molar-refractivity contribution in [2.75, 3.05) is 12.4 Å². The second kappa shape index (κ2) is 14.5. The molecule has 1 amide bonds. The van der Waals surface area contributed by atoms with E-state index in [2.05, 4.69) is 29.6 Å². The number of hydrogen-bond donors (Lipinski definition) is 1. The van der Waals surface area contributed by atoms with Crippen molar-refractivity contribution >= 4 is 29.3 Å². The number of carbonyl (C=O) groups excluding carboxylic acids is 2. The van der Waals surface area contributed by atoms with Crippen molar-refractivity contribution in [2.45, 2.75) is 101 Å². The fourth-order valence-corrected chi connectivity index (χ4v) is 10.4. The molecular formula is C44H47N3O4S. The SMILES string of the molecule is CCOC(=O)C1=C(NC(=O)CSc2nc3c(c(=O)n2Cc2ccccc2)C2(CCCCC2)Cc2ccccc2-3)c2ccccc2CC12CCCCC2. The third-order valence-electron chi connectivity index (χ3n) is 11.9. The minimum Gasteiger partial charge on any atom is -0.463 e. The van der Waals surface area contributed by atoms with Crippen molar-refractivity contribution in [3.63, 3.8) is 0 Å². The summed E-state index contributed by atoms with van der Waals surface area (Å²) < 4.78 is 7.48. The van der Waals surface area contributed by atoms with Gasteiger partial charge in [0.15, 0.2) is 5.16 Å². The van der Waals surface area contributed by atoms with Crippen LogP contribution in [-0.2, 0) is 39.1 Å². The summed E-state index contributed by atoms with van der Waals surface area (Å²) in [5, 5.41) is 3.74. The van der Waals surface area contributed by atoms with E-state index in [1.165, 1.54) is 23.7 Å². The van der Waals surface area contributed by atoms with Gasteiger partial charge in [-0.05, 0) is 62.1 Å². The first-order valence-electron chi connectivity index (χ1n) is 19.1. The van der Waals surface area contributed by atoms with E-state index in [1.807, 2.05) is 61.5 Å². The lowest BCUT2D eigenvalue weighted by Crippen LogP contribution is -2.43. The minimum absolute atomic E-state index is 0.000850. The Morgan fingerprint density at radius 2 is 1.38 bits per heavy atom. The normalized spacial score (nSPS) is 18.3. The number of benzene rings is 3.